The predicted octanol–water partition coefficient (Wildman–Crippen LogP) is 6.93. The zero-order chi connectivity index (χ0) is 26.9. The van der Waals surface area contributed by atoms with Crippen molar-refractivity contribution in [1.29, 1.82) is 0 Å². The molecule has 2 amide bonds. The van der Waals surface area contributed by atoms with Gasteiger partial charge >= 0.3 is 18.0 Å². The molecule has 0 aliphatic carbocycles. The fourth-order valence-electron chi connectivity index (χ4n) is 3.28. The van der Waals surface area contributed by atoms with Crippen molar-refractivity contribution in [3.05, 3.63) is 94.8 Å². The first kappa shape index (κ1) is 26.6. The third-order valence-corrected chi connectivity index (χ3v) is 5.18. The molecule has 3 rings (SSSR count). The van der Waals surface area contributed by atoms with Crippen molar-refractivity contribution in [1.82, 2.24) is 0 Å². The van der Waals surface area contributed by atoms with Crippen LogP contribution in [0.5, 0.6) is 0 Å². The van der Waals surface area contributed by atoms with Gasteiger partial charge in [0.2, 0.25) is 0 Å². The number of rotatable bonds is 5. The van der Waals surface area contributed by atoms with Gasteiger partial charge in [-0.3, -0.25) is 9.59 Å². The van der Waals surface area contributed by atoms with E-state index < -0.39 is 46.8 Å². The second kappa shape index (κ2) is 9.59. The fraction of sp³-hybridized carbons (Fsp3) is 0.167. The zero-order valence-electron chi connectivity index (χ0n) is 18.2. The summed E-state index contributed by atoms with van der Waals surface area (Å²) in [5.41, 5.74) is -8.70. The van der Waals surface area contributed by atoms with Crippen molar-refractivity contribution in [2.75, 3.05) is 10.6 Å². The molecular formula is C24H16F8N2O2. The topological polar surface area (TPSA) is 58.2 Å². The summed E-state index contributed by atoms with van der Waals surface area (Å²) in [5, 5.41) is 4.46. The summed E-state index contributed by atoms with van der Waals surface area (Å²) in [4.78, 5) is 24.9. The van der Waals surface area contributed by atoms with Crippen LogP contribution >= 0.6 is 0 Å². The fourth-order valence-corrected chi connectivity index (χ4v) is 3.28. The van der Waals surface area contributed by atoms with E-state index in [2.05, 4.69) is 10.6 Å². The Morgan fingerprint density at radius 3 is 1.83 bits per heavy atom. The van der Waals surface area contributed by atoms with Gasteiger partial charge < -0.3 is 10.6 Å². The molecule has 0 saturated carbocycles. The van der Waals surface area contributed by atoms with Gasteiger partial charge in [-0.25, -0.2) is 8.78 Å². The number of aryl methyl sites for hydroxylation is 1. The van der Waals surface area contributed by atoms with E-state index in [1.165, 1.54) is 24.3 Å². The summed E-state index contributed by atoms with van der Waals surface area (Å²) in [6, 6.07) is 12.4. The van der Waals surface area contributed by atoms with Crippen LogP contribution in [0.4, 0.5) is 46.5 Å². The lowest BCUT2D eigenvalue weighted by atomic mass is 9.92. The van der Waals surface area contributed by atoms with Gasteiger partial charge in [-0.05, 0) is 42.8 Å². The van der Waals surface area contributed by atoms with Crippen LogP contribution in [-0.2, 0) is 5.67 Å². The third-order valence-electron chi connectivity index (χ3n) is 5.18. The molecular weight excluding hydrogens is 500 g/mol. The van der Waals surface area contributed by atoms with Crippen molar-refractivity contribution >= 4 is 23.2 Å². The van der Waals surface area contributed by atoms with E-state index in [1.807, 2.05) is 0 Å². The smallest absolute Gasteiger partial charge is 0.322 e. The number of nitrogens with one attached hydrogen (secondary N) is 2. The molecule has 36 heavy (non-hydrogen) atoms. The molecule has 0 bridgehead atoms. The molecule has 0 aliphatic rings. The van der Waals surface area contributed by atoms with Gasteiger partial charge in [-0.2, -0.15) is 26.3 Å². The van der Waals surface area contributed by atoms with Crippen molar-refractivity contribution in [2.24, 2.45) is 0 Å². The first-order chi connectivity index (χ1) is 16.7. The van der Waals surface area contributed by atoms with Gasteiger partial charge in [-0.15, -0.1) is 0 Å². The lowest BCUT2D eigenvalue weighted by molar-refractivity contribution is -0.348. The molecule has 0 heterocycles. The largest absolute Gasteiger partial charge is 0.435 e. The number of carbonyl (C=O) groups excluding carboxylic acids is 2. The Bertz CT molecular complexity index is 1270. The van der Waals surface area contributed by atoms with Crippen LogP contribution in [0, 0.1) is 12.7 Å². The quantitative estimate of drug-likeness (QED) is 0.362. The number of hydrogen-bond acceptors (Lipinski definition) is 2. The van der Waals surface area contributed by atoms with Crippen LogP contribution in [0.3, 0.4) is 0 Å². The van der Waals surface area contributed by atoms with E-state index in [4.69, 9.17) is 0 Å². The minimum Gasteiger partial charge on any atom is -0.322 e. The van der Waals surface area contributed by atoms with Crippen molar-refractivity contribution < 1.29 is 44.7 Å². The Kier molecular flexibility index (Phi) is 7.10. The van der Waals surface area contributed by atoms with Gasteiger partial charge in [0.25, 0.3) is 11.8 Å². The summed E-state index contributed by atoms with van der Waals surface area (Å²) in [6.07, 6.45) is -12.6. The van der Waals surface area contributed by atoms with Gasteiger partial charge in [0, 0.05) is 16.8 Å². The number of anilines is 2. The number of alkyl halides is 7. The molecule has 0 saturated heterocycles. The van der Waals surface area contributed by atoms with Gasteiger partial charge in [-0.1, -0.05) is 36.4 Å². The number of amides is 2. The molecule has 190 valence electrons. The molecule has 3 aromatic rings. The number of benzene rings is 3. The maximum absolute atomic E-state index is 14.9. The highest BCUT2D eigenvalue weighted by atomic mass is 19.4. The standard InChI is InChI=1S/C24H16F8N2O2/c1-13-12-15(22(26,23(27,28)29)24(30,31)32)10-11-17(13)33-21(36)16-8-5-9-18(19(16)25)34-20(35)14-6-3-2-4-7-14/h2-12H,1H3,(H,33,36)(H,34,35). The first-order valence-corrected chi connectivity index (χ1v) is 10.1. The average molecular weight is 516 g/mol. The lowest BCUT2D eigenvalue weighted by Gasteiger charge is -2.30. The Morgan fingerprint density at radius 2 is 1.28 bits per heavy atom. The van der Waals surface area contributed by atoms with E-state index in [1.54, 1.807) is 18.2 Å². The Hall–Kier alpha value is -3.96. The van der Waals surface area contributed by atoms with Crippen LogP contribution < -0.4 is 10.6 Å². The van der Waals surface area contributed by atoms with Crippen molar-refractivity contribution in [2.45, 2.75) is 24.9 Å². The molecule has 3 aromatic carbocycles. The molecule has 0 unspecified atom stereocenters. The summed E-state index contributed by atoms with van der Waals surface area (Å²) in [5.74, 6) is -2.91. The zero-order valence-corrected chi connectivity index (χ0v) is 18.2. The maximum atomic E-state index is 14.9. The predicted molar refractivity (Wildman–Crippen MR) is 115 cm³/mol. The monoisotopic (exact) mass is 516 g/mol. The summed E-state index contributed by atoms with van der Waals surface area (Å²) in [6.45, 7) is 1.04. The second-order valence-corrected chi connectivity index (χ2v) is 7.63. The third kappa shape index (κ3) is 5.02. The summed E-state index contributed by atoms with van der Waals surface area (Å²) >= 11 is 0. The molecule has 0 atom stereocenters. The molecule has 0 fully saturated rings. The van der Waals surface area contributed by atoms with Crippen LogP contribution in [0.1, 0.15) is 31.8 Å². The molecule has 2 N–H and O–H groups in total. The number of carbonyl (C=O) groups is 2. The van der Waals surface area contributed by atoms with E-state index in [0.717, 1.165) is 13.0 Å². The molecule has 4 nitrogen and oxygen atoms in total. The molecule has 0 spiro atoms. The minimum atomic E-state index is -6.30. The highest BCUT2D eigenvalue weighted by Gasteiger charge is 2.73. The minimum absolute atomic E-state index is 0.212. The lowest BCUT2D eigenvalue weighted by Crippen LogP contribution is -2.50. The Labute approximate surface area is 198 Å². The molecule has 12 heteroatoms. The Balaban J connectivity index is 1.86. The van der Waals surface area contributed by atoms with Crippen LogP contribution in [0.25, 0.3) is 0 Å². The number of hydrogen-bond donors (Lipinski definition) is 2. The Morgan fingerprint density at radius 1 is 0.694 bits per heavy atom. The van der Waals surface area contributed by atoms with E-state index in [9.17, 15) is 44.7 Å². The van der Waals surface area contributed by atoms with Gasteiger partial charge in [0.1, 0.15) is 0 Å². The van der Waals surface area contributed by atoms with Crippen molar-refractivity contribution in [3.63, 3.8) is 0 Å². The van der Waals surface area contributed by atoms with Crippen molar-refractivity contribution in [3.8, 4) is 0 Å². The average Bonchev–Trinajstić information content (AvgIpc) is 2.80. The summed E-state index contributed by atoms with van der Waals surface area (Å²) in [7, 11) is 0. The van der Waals surface area contributed by atoms with E-state index >= 15 is 0 Å². The van der Waals surface area contributed by atoms with Gasteiger partial charge in [0.05, 0.1) is 11.3 Å². The van der Waals surface area contributed by atoms with Crippen LogP contribution in [0.15, 0.2) is 66.7 Å². The maximum Gasteiger partial charge on any atom is 0.435 e. The number of halogens is 8. The van der Waals surface area contributed by atoms with Gasteiger partial charge in [0.15, 0.2) is 5.82 Å². The van der Waals surface area contributed by atoms with Crippen LogP contribution in [0.2, 0.25) is 0 Å². The molecule has 0 radical (unpaired) electrons. The molecule has 0 aromatic heterocycles. The second-order valence-electron chi connectivity index (χ2n) is 7.63. The van der Waals surface area contributed by atoms with E-state index in [0.29, 0.717) is 12.1 Å². The van der Waals surface area contributed by atoms with Crippen LogP contribution in [-0.4, -0.2) is 24.2 Å². The normalized spacial score (nSPS) is 12.2. The SMILES string of the molecule is Cc1cc(C(F)(C(F)(F)F)C(F)(F)F)ccc1NC(=O)c1cccc(NC(=O)c2ccccc2)c1F. The first-order valence-electron chi connectivity index (χ1n) is 10.1. The highest BCUT2D eigenvalue weighted by molar-refractivity contribution is 6.07. The summed E-state index contributed by atoms with van der Waals surface area (Å²) < 4.78 is 107. The van der Waals surface area contributed by atoms with E-state index in [-0.39, 0.29) is 28.6 Å². The highest BCUT2D eigenvalue weighted by Crippen LogP contribution is 2.53. The molecule has 0 aliphatic heterocycles.